The Balaban J connectivity index is 1.08. The number of hydrogen-bond acceptors (Lipinski definition) is 8. The number of aryl methyl sites for hydroxylation is 1. The molecule has 280 valence electrons. The van der Waals surface area contributed by atoms with Gasteiger partial charge in [0.15, 0.2) is 0 Å². The second-order valence-electron chi connectivity index (χ2n) is 16.4. The molecule has 2 fully saturated rings. The predicted molar refractivity (Wildman–Crippen MR) is 205 cm³/mol. The van der Waals surface area contributed by atoms with Crippen molar-refractivity contribution in [1.82, 2.24) is 39.8 Å². The number of H-pyrrole nitrogens is 1. The van der Waals surface area contributed by atoms with E-state index in [2.05, 4.69) is 82.1 Å². The zero-order chi connectivity index (χ0) is 37.7. The fraction of sp³-hybridized carbons (Fsp3) is 0.463. The van der Waals surface area contributed by atoms with Crippen LogP contribution in [-0.2, 0) is 16.5 Å². The lowest BCUT2D eigenvalue weighted by Gasteiger charge is -2.35. The maximum absolute atomic E-state index is 13.1. The smallest absolute Gasteiger partial charge is 0.410 e. The average molecular weight is 721 g/mol. The van der Waals surface area contributed by atoms with Gasteiger partial charge in [-0.3, -0.25) is 9.58 Å². The highest BCUT2D eigenvalue weighted by atomic mass is 16.6. The van der Waals surface area contributed by atoms with Crippen LogP contribution in [0.15, 0.2) is 67.0 Å². The summed E-state index contributed by atoms with van der Waals surface area (Å²) in [5.74, 6) is 0.743. The molecule has 1 unspecified atom stereocenters. The second-order valence-corrected chi connectivity index (χ2v) is 16.4. The number of aromatic amines is 1. The van der Waals surface area contributed by atoms with E-state index in [0.717, 1.165) is 76.5 Å². The van der Waals surface area contributed by atoms with E-state index in [0.29, 0.717) is 13.1 Å². The highest BCUT2D eigenvalue weighted by Crippen LogP contribution is 2.38. The highest BCUT2D eigenvalue weighted by Gasteiger charge is 2.41. The molecule has 12 nitrogen and oxygen atoms in total. The van der Waals surface area contributed by atoms with Gasteiger partial charge in [-0.1, -0.05) is 48.5 Å². The third-order valence-corrected chi connectivity index (χ3v) is 10.0. The van der Waals surface area contributed by atoms with E-state index >= 15 is 0 Å². The molecule has 2 aromatic heterocycles. The van der Waals surface area contributed by atoms with Crippen molar-refractivity contribution in [2.75, 3.05) is 20.1 Å². The molecule has 0 spiro atoms. The number of carbonyl (C=O) groups is 2. The lowest BCUT2D eigenvalue weighted by atomic mass is 10.00. The van der Waals surface area contributed by atoms with E-state index in [4.69, 9.17) is 14.5 Å². The summed E-state index contributed by atoms with van der Waals surface area (Å²) >= 11 is 0. The Bertz CT molecular complexity index is 1980. The molecule has 0 radical (unpaired) electrons. The topological polar surface area (TPSA) is 121 Å². The number of likely N-dealkylation sites (N-methyl/N-ethyl adjacent to an activating group) is 1. The van der Waals surface area contributed by atoms with Crippen LogP contribution in [0.2, 0.25) is 0 Å². The highest BCUT2D eigenvalue weighted by molar-refractivity contribution is 5.79. The number of aromatic nitrogens is 4. The number of benzene rings is 2. The summed E-state index contributed by atoms with van der Waals surface area (Å²) < 4.78 is 13.3. The fourth-order valence-corrected chi connectivity index (χ4v) is 7.59. The quantitative estimate of drug-likeness (QED) is 0.207. The standard InChI is InChI=1S/C41H52N8O4/c1-40(2,3)52-38(50)48-23-9-11-32(48)36-44-34(35(45-36)31-21-22-42-47(31)8)29-19-15-27(16-20-29)26-13-17-28(18-14-26)30-25-46(7)37(43-30)33-12-10-24-49(33)39(51)53-41(4,5)6/h13-22,25,32-33,37,43H,9-12,23-24H2,1-8H3,(H,44,45)/t32-,33-,37?/m0/s1. The maximum Gasteiger partial charge on any atom is 0.410 e. The van der Waals surface area contributed by atoms with Crippen LogP contribution in [0.1, 0.15) is 84.7 Å². The Hall–Kier alpha value is -5.26. The molecule has 2 amide bonds. The minimum Gasteiger partial charge on any atom is -0.444 e. The van der Waals surface area contributed by atoms with Crippen LogP contribution in [0.5, 0.6) is 0 Å². The van der Waals surface area contributed by atoms with Gasteiger partial charge >= 0.3 is 12.2 Å². The van der Waals surface area contributed by atoms with Crippen LogP contribution in [0.4, 0.5) is 9.59 Å². The molecule has 12 heteroatoms. The Morgan fingerprint density at radius 1 is 0.755 bits per heavy atom. The Morgan fingerprint density at radius 2 is 1.32 bits per heavy atom. The van der Waals surface area contributed by atoms with Gasteiger partial charge in [-0.25, -0.2) is 14.6 Å². The van der Waals surface area contributed by atoms with Crippen molar-refractivity contribution in [2.24, 2.45) is 7.05 Å². The van der Waals surface area contributed by atoms with Crippen LogP contribution < -0.4 is 5.32 Å². The summed E-state index contributed by atoms with van der Waals surface area (Å²) in [4.78, 5) is 40.6. The molecule has 2 N–H and O–H groups in total. The minimum atomic E-state index is -0.576. The Kier molecular flexibility index (Phi) is 9.50. The van der Waals surface area contributed by atoms with E-state index in [9.17, 15) is 9.59 Å². The molecule has 0 aliphatic carbocycles. The molecule has 2 aromatic carbocycles. The summed E-state index contributed by atoms with van der Waals surface area (Å²) in [6.07, 6.45) is 6.87. The van der Waals surface area contributed by atoms with Crippen molar-refractivity contribution in [3.8, 4) is 33.8 Å². The van der Waals surface area contributed by atoms with Gasteiger partial charge < -0.3 is 29.6 Å². The van der Waals surface area contributed by atoms with E-state index in [-0.39, 0.29) is 30.4 Å². The van der Waals surface area contributed by atoms with Gasteiger partial charge in [-0.15, -0.1) is 0 Å². The molecule has 0 bridgehead atoms. The van der Waals surface area contributed by atoms with Crippen LogP contribution in [0.25, 0.3) is 39.5 Å². The molecule has 5 heterocycles. The normalized spacial score (nSPS) is 20.5. The lowest BCUT2D eigenvalue weighted by Crippen LogP contribution is -2.52. The van der Waals surface area contributed by atoms with Gasteiger partial charge in [0.1, 0.15) is 23.2 Å². The lowest BCUT2D eigenvalue weighted by molar-refractivity contribution is 0.0157. The van der Waals surface area contributed by atoms with Gasteiger partial charge in [0.25, 0.3) is 0 Å². The first kappa shape index (κ1) is 36.1. The number of amides is 2. The van der Waals surface area contributed by atoms with E-state index in [1.54, 1.807) is 11.1 Å². The van der Waals surface area contributed by atoms with E-state index in [1.807, 2.05) is 64.2 Å². The number of carbonyl (C=O) groups excluding carboxylic acids is 2. The van der Waals surface area contributed by atoms with Crippen LogP contribution in [0.3, 0.4) is 0 Å². The van der Waals surface area contributed by atoms with Crippen LogP contribution >= 0.6 is 0 Å². The number of likely N-dealkylation sites (tertiary alicyclic amines) is 2. The van der Waals surface area contributed by atoms with Crippen LogP contribution in [0, 0.1) is 0 Å². The molecule has 4 aromatic rings. The van der Waals surface area contributed by atoms with E-state index in [1.165, 1.54) is 0 Å². The number of nitrogens with zero attached hydrogens (tertiary/aromatic N) is 6. The van der Waals surface area contributed by atoms with Gasteiger partial charge in [-0.05, 0) is 90.0 Å². The van der Waals surface area contributed by atoms with Crippen molar-refractivity contribution < 1.29 is 19.1 Å². The monoisotopic (exact) mass is 720 g/mol. The van der Waals surface area contributed by atoms with E-state index < -0.39 is 11.2 Å². The molecule has 3 aliphatic rings. The third-order valence-electron chi connectivity index (χ3n) is 10.0. The largest absolute Gasteiger partial charge is 0.444 e. The number of hydrogen-bond donors (Lipinski definition) is 2. The minimum absolute atomic E-state index is 0.0208. The van der Waals surface area contributed by atoms with Gasteiger partial charge in [0.2, 0.25) is 0 Å². The van der Waals surface area contributed by atoms with Crippen LogP contribution in [-0.4, -0.2) is 90.2 Å². The summed E-state index contributed by atoms with van der Waals surface area (Å²) in [5.41, 5.74) is 6.74. The number of ether oxygens (including phenoxy) is 2. The summed E-state index contributed by atoms with van der Waals surface area (Å²) in [6, 6.07) is 18.8. The second kappa shape index (κ2) is 13.9. The number of nitrogens with one attached hydrogen (secondary N) is 2. The Labute approximate surface area is 312 Å². The van der Waals surface area contributed by atoms with Gasteiger partial charge in [0, 0.05) is 45.1 Å². The zero-order valence-electron chi connectivity index (χ0n) is 32.1. The first-order valence-electron chi connectivity index (χ1n) is 18.6. The number of rotatable bonds is 6. The summed E-state index contributed by atoms with van der Waals surface area (Å²) in [7, 11) is 3.97. The predicted octanol–water partition coefficient (Wildman–Crippen LogP) is 7.78. The Morgan fingerprint density at radius 3 is 1.92 bits per heavy atom. The van der Waals surface area contributed by atoms with Crippen molar-refractivity contribution in [3.05, 3.63) is 78.4 Å². The number of imidazole rings is 1. The average Bonchev–Trinajstić information content (AvgIpc) is 3.93. The molecule has 3 atom stereocenters. The van der Waals surface area contributed by atoms with Crippen molar-refractivity contribution in [1.29, 1.82) is 0 Å². The maximum atomic E-state index is 13.1. The zero-order valence-corrected chi connectivity index (χ0v) is 32.1. The fourth-order valence-electron chi connectivity index (χ4n) is 7.59. The molecular weight excluding hydrogens is 669 g/mol. The van der Waals surface area contributed by atoms with Crippen molar-refractivity contribution >= 4 is 17.9 Å². The SMILES string of the molecule is CN1C=C(c2ccc(-c3ccc(-c4nc([C@@H]5CCCN5C(=O)OC(C)(C)C)[nH]c4-c4ccnn4C)cc3)cc2)NC1[C@@H]1CCCN1C(=O)OC(C)(C)C. The van der Waals surface area contributed by atoms with Crippen molar-refractivity contribution in [2.45, 2.75) is 96.7 Å². The first-order valence-corrected chi connectivity index (χ1v) is 18.6. The first-order chi connectivity index (χ1) is 25.1. The summed E-state index contributed by atoms with van der Waals surface area (Å²) in [6.45, 7) is 12.7. The third kappa shape index (κ3) is 7.63. The molecule has 2 saturated heterocycles. The van der Waals surface area contributed by atoms with Crippen molar-refractivity contribution in [3.63, 3.8) is 0 Å². The molecule has 53 heavy (non-hydrogen) atoms. The molecular formula is C41H52N8O4. The van der Waals surface area contributed by atoms with Gasteiger partial charge in [-0.2, -0.15) is 5.10 Å². The molecule has 3 aliphatic heterocycles. The summed E-state index contributed by atoms with van der Waals surface area (Å²) in [5, 5.41) is 8.10. The molecule has 0 saturated carbocycles. The molecule has 7 rings (SSSR count). The van der Waals surface area contributed by atoms with Gasteiger partial charge in [0.05, 0.1) is 34.9 Å².